The first kappa shape index (κ1) is 20.0. The Morgan fingerprint density at radius 1 is 1.10 bits per heavy atom. The van der Waals surface area contributed by atoms with Crippen LogP contribution in [-0.2, 0) is 0 Å². The third-order valence-electron chi connectivity index (χ3n) is 5.02. The van der Waals surface area contributed by atoms with Gasteiger partial charge < -0.3 is 16.4 Å². The summed E-state index contributed by atoms with van der Waals surface area (Å²) < 4.78 is 0. The molecule has 0 aliphatic heterocycles. The van der Waals surface area contributed by atoms with Crippen molar-refractivity contribution < 1.29 is 9.59 Å². The minimum Gasteiger partial charge on any atom is -0.395 e. The van der Waals surface area contributed by atoms with Gasteiger partial charge in [0.15, 0.2) is 11.5 Å². The summed E-state index contributed by atoms with van der Waals surface area (Å²) in [6.07, 6.45) is 1.68. The summed E-state index contributed by atoms with van der Waals surface area (Å²) in [5.74, 6) is -0.682. The van der Waals surface area contributed by atoms with Crippen molar-refractivity contribution >= 4 is 28.4 Å². The van der Waals surface area contributed by atoms with Crippen LogP contribution in [0.1, 0.15) is 26.4 Å². The van der Waals surface area contributed by atoms with Gasteiger partial charge in [0.2, 0.25) is 0 Å². The number of aromatic nitrogens is 4. The molecular weight excluding hydrogens is 394 g/mol. The van der Waals surface area contributed by atoms with E-state index >= 15 is 0 Å². The second-order valence-electron chi connectivity index (χ2n) is 7.39. The van der Waals surface area contributed by atoms with Gasteiger partial charge in [-0.15, -0.1) is 0 Å². The number of amides is 2. The van der Waals surface area contributed by atoms with Gasteiger partial charge in [0, 0.05) is 36.2 Å². The predicted molar refractivity (Wildman–Crippen MR) is 118 cm³/mol. The maximum Gasteiger partial charge on any atom is 0.269 e. The minimum absolute atomic E-state index is 0.0794. The molecule has 0 bridgehead atoms. The van der Waals surface area contributed by atoms with E-state index in [0.717, 1.165) is 22.0 Å². The lowest BCUT2D eigenvalue weighted by Gasteiger charge is -2.14. The Morgan fingerprint density at radius 3 is 2.58 bits per heavy atom. The highest BCUT2D eigenvalue weighted by atomic mass is 16.2. The number of hydrogen-bond acceptors (Lipinski definition) is 6. The molecule has 156 valence electrons. The van der Waals surface area contributed by atoms with Gasteiger partial charge in [-0.1, -0.05) is 18.2 Å². The van der Waals surface area contributed by atoms with E-state index in [-0.39, 0.29) is 23.1 Å². The van der Waals surface area contributed by atoms with E-state index < -0.39 is 5.91 Å². The number of H-pyrrole nitrogens is 1. The quantitative estimate of drug-likeness (QED) is 0.467. The van der Waals surface area contributed by atoms with E-state index in [1.54, 1.807) is 44.6 Å². The summed E-state index contributed by atoms with van der Waals surface area (Å²) in [5.41, 5.74) is 15.7. The van der Waals surface area contributed by atoms with Crippen LogP contribution >= 0.6 is 0 Å². The van der Waals surface area contributed by atoms with Crippen LogP contribution in [0.15, 0.2) is 42.6 Å². The van der Waals surface area contributed by atoms with Gasteiger partial charge in [-0.25, -0.2) is 9.97 Å². The Labute approximate surface area is 178 Å². The highest BCUT2D eigenvalue weighted by Crippen LogP contribution is 2.35. The first-order valence-electron chi connectivity index (χ1n) is 9.50. The molecule has 0 spiro atoms. The number of carbonyl (C=O) groups is 2. The number of carbonyl (C=O) groups excluding carboxylic acids is 2. The number of anilines is 1. The number of aryl methyl sites for hydroxylation is 1. The minimum atomic E-state index is -0.764. The summed E-state index contributed by atoms with van der Waals surface area (Å²) in [4.78, 5) is 35.0. The van der Waals surface area contributed by atoms with Gasteiger partial charge in [0.1, 0.15) is 0 Å². The number of nitrogen functional groups attached to an aromatic ring is 1. The van der Waals surface area contributed by atoms with Gasteiger partial charge in [0.05, 0.1) is 23.1 Å². The third-order valence-corrected chi connectivity index (χ3v) is 5.02. The Kier molecular flexibility index (Phi) is 4.86. The van der Waals surface area contributed by atoms with E-state index in [1.165, 1.54) is 4.90 Å². The lowest BCUT2D eigenvalue weighted by molar-refractivity contribution is 0.0827. The maximum absolute atomic E-state index is 12.4. The van der Waals surface area contributed by atoms with Crippen molar-refractivity contribution in [3.63, 3.8) is 0 Å². The molecule has 2 aromatic carbocycles. The molecule has 4 rings (SSSR count). The molecule has 0 radical (unpaired) electrons. The predicted octanol–water partition coefficient (Wildman–Crippen LogP) is 2.38. The van der Waals surface area contributed by atoms with Crippen molar-refractivity contribution in [3.05, 3.63) is 59.4 Å². The highest BCUT2D eigenvalue weighted by Gasteiger charge is 2.21. The first-order chi connectivity index (χ1) is 14.8. The summed E-state index contributed by atoms with van der Waals surface area (Å²) in [6.45, 7) is 1.92. The van der Waals surface area contributed by atoms with Crippen LogP contribution in [0.4, 0.5) is 5.69 Å². The molecule has 4 aromatic rings. The molecule has 2 amide bonds. The SMILES string of the molecule is Cc1ccc2[nH]ncc2c1-c1nc(-c2cccc(C(=O)N(C)C)c2)nc(C(N)=O)c1N. The monoisotopic (exact) mass is 415 g/mol. The first-order valence-corrected chi connectivity index (χ1v) is 9.50. The summed E-state index contributed by atoms with van der Waals surface area (Å²) in [5, 5.41) is 7.83. The average Bonchev–Trinajstić information content (AvgIpc) is 3.22. The second kappa shape index (κ2) is 7.52. The van der Waals surface area contributed by atoms with E-state index in [2.05, 4.69) is 20.2 Å². The summed E-state index contributed by atoms with van der Waals surface area (Å²) >= 11 is 0. The Morgan fingerprint density at radius 2 is 1.87 bits per heavy atom. The lowest BCUT2D eigenvalue weighted by Crippen LogP contribution is -2.21. The molecule has 0 fully saturated rings. The molecular formula is C22H21N7O2. The fourth-order valence-corrected chi connectivity index (χ4v) is 3.47. The zero-order chi connectivity index (χ0) is 22.3. The van der Waals surface area contributed by atoms with Crippen molar-refractivity contribution in [2.24, 2.45) is 5.73 Å². The van der Waals surface area contributed by atoms with Crippen molar-refractivity contribution in [2.75, 3.05) is 19.8 Å². The molecule has 0 aliphatic rings. The number of nitrogens with one attached hydrogen (secondary N) is 1. The number of primary amides is 1. The Bertz CT molecular complexity index is 1340. The second-order valence-corrected chi connectivity index (χ2v) is 7.39. The molecule has 2 aromatic heterocycles. The summed E-state index contributed by atoms with van der Waals surface area (Å²) in [6, 6.07) is 10.7. The average molecular weight is 415 g/mol. The van der Waals surface area contributed by atoms with Crippen molar-refractivity contribution in [2.45, 2.75) is 6.92 Å². The Balaban J connectivity index is 1.99. The molecule has 5 N–H and O–H groups in total. The molecule has 31 heavy (non-hydrogen) atoms. The maximum atomic E-state index is 12.4. The molecule has 2 heterocycles. The highest BCUT2D eigenvalue weighted by molar-refractivity contribution is 6.04. The number of aromatic amines is 1. The lowest BCUT2D eigenvalue weighted by atomic mass is 9.99. The van der Waals surface area contributed by atoms with Gasteiger partial charge >= 0.3 is 0 Å². The molecule has 0 saturated carbocycles. The van der Waals surface area contributed by atoms with E-state index in [1.807, 2.05) is 19.1 Å². The third kappa shape index (κ3) is 3.46. The van der Waals surface area contributed by atoms with Crippen LogP contribution in [0.5, 0.6) is 0 Å². The van der Waals surface area contributed by atoms with Crippen molar-refractivity contribution in [1.29, 1.82) is 0 Å². The number of nitrogens with zero attached hydrogens (tertiary/aromatic N) is 4. The Hall–Kier alpha value is -4.27. The van der Waals surface area contributed by atoms with Gasteiger partial charge in [-0.3, -0.25) is 14.7 Å². The van der Waals surface area contributed by atoms with Gasteiger partial charge in [0.25, 0.3) is 11.8 Å². The van der Waals surface area contributed by atoms with Crippen LogP contribution in [0, 0.1) is 6.92 Å². The van der Waals surface area contributed by atoms with Crippen LogP contribution in [0.2, 0.25) is 0 Å². The fourth-order valence-electron chi connectivity index (χ4n) is 3.47. The molecule has 9 nitrogen and oxygen atoms in total. The fraction of sp³-hybridized carbons (Fsp3) is 0.136. The molecule has 9 heteroatoms. The van der Waals surface area contributed by atoms with Crippen LogP contribution < -0.4 is 11.5 Å². The van der Waals surface area contributed by atoms with Crippen LogP contribution in [0.25, 0.3) is 33.5 Å². The zero-order valence-corrected chi connectivity index (χ0v) is 17.3. The topological polar surface area (TPSA) is 144 Å². The molecule has 0 saturated heterocycles. The van der Waals surface area contributed by atoms with Crippen molar-refractivity contribution in [1.82, 2.24) is 25.1 Å². The normalized spacial score (nSPS) is 10.9. The summed E-state index contributed by atoms with van der Waals surface area (Å²) in [7, 11) is 3.35. The smallest absolute Gasteiger partial charge is 0.269 e. The van der Waals surface area contributed by atoms with Crippen LogP contribution in [0.3, 0.4) is 0 Å². The largest absolute Gasteiger partial charge is 0.395 e. The van der Waals surface area contributed by atoms with E-state index in [9.17, 15) is 9.59 Å². The van der Waals surface area contributed by atoms with Crippen molar-refractivity contribution in [3.8, 4) is 22.6 Å². The molecule has 0 aliphatic carbocycles. The van der Waals surface area contributed by atoms with Gasteiger partial charge in [-0.2, -0.15) is 5.10 Å². The van der Waals surface area contributed by atoms with Gasteiger partial charge in [-0.05, 0) is 30.7 Å². The number of fused-ring (bicyclic) bond motifs is 1. The number of benzene rings is 2. The number of hydrogen-bond donors (Lipinski definition) is 3. The number of rotatable bonds is 4. The van der Waals surface area contributed by atoms with E-state index in [0.29, 0.717) is 16.8 Å². The zero-order valence-electron chi connectivity index (χ0n) is 17.3. The molecule has 0 unspecified atom stereocenters. The number of nitrogens with two attached hydrogens (primary N) is 2. The standard InChI is InChI=1S/C22H21N7O2/c1-11-7-8-15-14(10-25-28-15)16(11)18-17(23)19(20(24)30)27-21(26-18)12-5-4-6-13(9-12)22(31)29(2)3/h4-10H,23H2,1-3H3,(H2,24,30)(H,25,28). The van der Waals surface area contributed by atoms with E-state index in [4.69, 9.17) is 11.5 Å². The van der Waals surface area contributed by atoms with Crippen LogP contribution in [-0.4, -0.2) is 51.0 Å². The molecule has 0 atom stereocenters.